The van der Waals surface area contributed by atoms with Gasteiger partial charge >= 0.3 is 24.7 Å². The summed E-state index contributed by atoms with van der Waals surface area (Å²) in [6, 6.07) is 13.9. The molecular weight excluding hydrogens is 570 g/mol. The smallest absolute Gasteiger partial charge is 0.438 e. The lowest BCUT2D eigenvalue weighted by atomic mass is 9.97. The van der Waals surface area contributed by atoms with Crippen molar-refractivity contribution in [3.05, 3.63) is 106 Å². The maximum atomic E-state index is 12.9. The van der Waals surface area contributed by atoms with Gasteiger partial charge < -0.3 is 18.9 Å². The Kier molecular flexibility index (Phi) is 10.1. The van der Waals surface area contributed by atoms with Crippen LogP contribution in [0, 0.1) is 23.7 Å². The molecule has 3 aromatic rings. The fraction of sp³-hybridized carbons (Fsp3) is 0.200. The lowest BCUT2D eigenvalue weighted by Gasteiger charge is -2.19. The lowest BCUT2D eigenvalue weighted by Crippen LogP contribution is -2.16. The zero-order chi connectivity index (χ0) is 30.9. The summed E-state index contributed by atoms with van der Waals surface area (Å²) in [7, 11) is 2.10. The lowest BCUT2D eigenvalue weighted by molar-refractivity contribution is -0.138. The van der Waals surface area contributed by atoms with E-state index >= 15 is 0 Å². The first-order valence-corrected chi connectivity index (χ1v) is 11.8. The van der Waals surface area contributed by atoms with Crippen LogP contribution in [-0.2, 0) is 31.3 Å². The largest absolute Gasteiger partial charge is 0.509 e. The molecule has 0 spiro atoms. The average Bonchev–Trinajstić information content (AvgIpc) is 2.96. The van der Waals surface area contributed by atoms with Gasteiger partial charge in [0.2, 0.25) is 0 Å². The van der Waals surface area contributed by atoms with Crippen molar-refractivity contribution in [3.8, 4) is 23.7 Å². The van der Waals surface area contributed by atoms with Crippen LogP contribution in [-0.4, -0.2) is 26.5 Å². The highest BCUT2D eigenvalue weighted by molar-refractivity contribution is 5.62. The second-order valence-corrected chi connectivity index (χ2v) is 8.22. The van der Waals surface area contributed by atoms with E-state index < -0.39 is 48.0 Å². The van der Waals surface area contributed by atoms with Crippen molar-refractivity contribution in [2.45, 2.75) is 24.6 Å². The molecule has 0 heterocycles. The Bertz CT molecular complexity index is 1410. The van der Waals surface area contributed by atoms with Crippen LogP contribution in [0.4, 0.5) is 35.9 Å². The number of alkyl halides is 6. The standard InChI is InChI=1S/C30H20F6O6/c1-39-27(37)41-25(17-11-19-7-13-21(14-8-19)29(31,32)33)23-5-3-4-6-24(23)26(42-28(38)40-2)18-12-20-9-15-22(16-10-20)30(34,35)36/h3-10,13-16,25-26H,1-2H3. The van der Waals surface area contributed by atoms with Gasteiger partial charge in [0.25, 0.3) is 0 Å². The quantitative estimate of drug-likeness (QED) is 0.178. The van der Waals surface area contributed by atoms with Crippen molar-refractivity contribution >= 4 is 12.3 Å². The summed E-state index contributed by atoms with van der Waals surface area (Å²) < 4.78 is 97.1. The second kappa shape index (κ2) is 13.5. The van der Waals surface area contributed by atoms with E-state index in [4.69, 9.17) is 9.47 Å². The third-order valence-electron chi connectivity index (χ3n) is 5.44. The van der Waals surface area contributed by atoms with Gasteiger partial charge in [-0.15, -0.1) is 0 Å². The minimum Gasteiger partial charge on any atom is -0.438 e. The highest BCUT2D eigenvalue weighted by Crippen LogP contribution is 2.31. The average molecular weight is 590 g/mol. The van der Waals surface area contributed by atoms with E-state index in [1.54, 1.807) is 12.1 Å². The molecule has 218 valence electrons. The van der Waals surface area contributed by atoms with Gasteiger partial charge in [0.05, 0.1) is 25.3 Å². The fourth-order valence-corrected chi connectivity index (χ4v) is 3.40. The van der Waals surface area contributed by atoms with Crippen LogP contribution in [0.15, 0.2) is 72.8 Å². The van der Waals surface area contributed by atoms with Gasteiger partial charge in [-0.1, -0.05) is 36.1 Å². The first-order chi connectivity index (χ1) is 19.8. The van der Waals surface area contributed by atoms with Gasteiger partial charge in [-0.2, -0.15) is 26.3 Å². The molecule has 2 atom stereocenters. The van der Waals surface area contributed by atoms with Crippen molar-refractivity contribution in [3.63, 3.8) is 0 Å². The van der Waals surface area contributed by atoms with Gasteiger partial charge in [0.15, 0.2) is 12.2 Å². The van der Waals surface area contributed by atoms with Crippen LogP contribution in [0.3, 0.4) is 0 Å². The molecule has 0 saturated carbocycles. The van der Waals surface area contributed by atoms with Crippen LogP contribution in [0.25, 0.3) is 0 Å². The molecule has 3 rings (SSSR count). The van der Waals surface area contributed by atoms with Gasteiger partial charge in [-0.3, -0.25) is 0 Å². The first kappa shape index (κ1) is 31.4. The number of rotatable bonds is 4. The summed E-state index contributed by atoms with van der Waals surface area (Å²) in [6.07, 6.45) is -14.1. The van der Waals surface area contributed by atoms with Crippen LogP contribution >= 0.6 is 0 Å². The molecule has 2 unspecified atom stereocenters. The van der Waals surface area contributed by atoms with Crippen molar-refractivity contribution in [1.29, 1.82) is 0 Å². The number of methoxy groups -OCH3 is 2. The number of benzene rings is 3. The minimum absolute atomic E-state index is 0.165. The highest BCUT2D eigenvalue weighted by atomic mass is 19.4. The summed E-state index contributed by atoms with van der Waals surface area (Å²) in [4.78, 5) is 24.1. The van der Waals surface area contributed by atoms with Crippen molar-refractivity contribution in [2.24, 2.45) is 0 Å². The number of hydrogen-bond acceptors (Lipinski definition) is 6. The van der Waals surface area contributed by atoms with E-state index in [9.17, 15) is 35.9 Å². The highest BCUT2D eigenvalue weighted by Gasteiger charge is 2.31. The van der Waals surface area contributed by atoms with Crippen LogP contribution < -0.4 is 0 Å². The molecule has 12 heteroatoms. The van der Waals surface area contributed by atoms with Gasteiger partial charge in [0, 0.05) is 22.3 Å². The van der Waals surface area contributed by atoms with Crippen molar-refractivity contribution < 1.29 is 54.9 Å². The maximum Gasteiger partial charge on any atom is 0.509 e. The molecule has 0 saturated heterocycles. The molecule has 0 amide bonds. The molecule has 0 aliphatic rings. The summed E-state index contributed by atoms with van der Waals surface area (Å²) in [5, 5.41) is 0. The molecule has 3 aromatic carbocycles. The van der Waals surface area contributed by atoms with E-state index in [1.807, 2.05) is 0 Å². The van der Waals surface area contributed by atoms with Crippen molar-refractivity contribution in [2.75, 3.05) is 14.2 Å². The number of hydrogen-bond donors (Lipinski definition) is 0. The molecule has 0 aliphatic carbocycles. The summed E-state index contributed by atoms with van der Waals surface area (Å²) >= 11 is 0. The predicted molar refractivity (Wildman–Crippen MR) is 136 cm³/mol. The van der Waals surface area contributed by atoms with E-state index in [2.05, 4.69) is 33.2 Å². The summed E-state index contributed by atoms with van der Waals surface area (Å²) in [5.74, 6) is 10.6. The zero-order valence-corrected chi connectivity index (χ0v) is 21.8. The monoisotopic (exact) mass is 590 g/mol. The Morgan fingerprint density at radius 1 is 0.595 bits per heavy atom. The Balaban J connectivity index is 2.04. The third-order valence-corrected chi connectivity index (χ3v) is 5.44. The Hall–Kier alpha value is -5.10. The molecule has 0 aromatic heterocycles. The van der Waals surface area contributed by atoms with Crippen LogP contribution in [0.2, 0.25) is 0 Å². The topological polar surface area (TPSA) is 71.1 Å². The Labute approximate surface area is 236 Å². The van der Waals surface area contributed by atoms with Gasteiger partial charge in [0.1, 0.15) is 0 Å². The number of carbonyl (C=O) groups excluding carboxylic acids is 2. The predicted octanol–water partition coefficient (Wildman–Crippen LogP) is 7.48. The molecule has 0 aliphatic heterocycles. The molecular formula is C30H20F6O6. The molecule has 0 radical (unpaired) electrons. The van der Waals surface area contributed by atoms with E-state index in [-0.39, 0.29) is 22.3 Å². The third kappa shape index (κ3) is 8.70. The van der Waals surface area contributed by atoms with Gasteiger partial charge in [-0.05, 0) is 60.4 Å². The van der Waals surface area contributed by atoms with Crippen LogP contribution in [0.1, 0.15) is 45.6 Å². The van der Waals surface area contributed by atoms with E-state index in [0.717, 1.165) is 62.8 Å². The number of ether oxygens (including phenoxy) is 4. The Morgan fingerprint density at radius 3 is 1.21 bits per heavy atom. The van der Waals surface area contributed by atoms with E-state index in [1.165, 1.54) is 12.1 Å². The molecule has 0 bridgehead atoms. The fourth-order valence-electron chi connectivity index (χ4n) is 3.40. The zero-order valence-electron chi connectivity index (χ0n) is 21.8. The second-order valence-electron chi connectivity index (χ2n) is 8.22. The van der Waals surface area contributed by atoms with Crippen LogP contribution in [0.5, 0.6) is 0 Å². The van der Waals surface area contributed by atoms with Gasteiger partial charge in [-0.25, -0.2) is 9.59 Å². The minimum atomic E-state index is -4.54. The van der Waals surface area contributed by atoms with E-state index in [0.29, 0.717) is 0 Å². The number of carbonyl (C=O) groups is 2. The first-order valence-electron chi connectivity index (χ1n) is 11.8. The normalized spacial score (nSPS) is 12.4. The summed E-state index contributed by atoms with van der Waals surface area (Å²) in [5.41, 5.74) is -1.09. The molecule has 0 N–H and O–H groups in total. The molecule has 0 fully saturated rings. The van der Waals surface area contributed by atoms with Crippen molar-refractivity contribution in [1.82, 2.24) is 0 Å². The summed E-state index contributed by atoms with van der Waals surface area (Å²) in [6.45, 7) is 0. The maximum absolute atomic E-state index is 12.9. The molecule has 6 nitrogen and oxygen atoms in total. The Morgan fingerprint density at radius 2 is 0.929 bits per heavy atom. The number of halogens is 6. The molecule has 42 heavy (non-hydrogen) atoms. The SMILES string of the molecule is COC(=O)OC(C#Cc1ccc(C(F)(F)F)cc1)c1ccccc1C(C#Cc1ccc(C(F)(F)F)cc1)OC(=O)OC.